The number of halogens is 1. The molecule has 0 saturated heterocycles. The summed E-state index contributed by atoms with van der Waals surface area (Å²) in [6.45, 7) is 2.66. The Morgan fingerprint density at radius 1 is 1.09 bits per heavy atom. The molecular weight excluding hydrogens is 428 g/mol. The number of nitrogens with two attached hydrogens (primary N) is 1. The topological polar surface area (TPSA) is 97.7 Å². The van der Waals surface area contributed by atoms with Gasteiger partial charge in [-0.2, -0.15) is 5.26 Å². The summed E-state index contributed by atoms with van der Waals surface area (Å²) in [4.78, 5) is 0. The molecule has 7 heteroatoms. The number of phenols is 1. The molecule has 3 aromatic carbocycles. The molecule has 0 saturated carbocycles. The van der Waals surface area contributed by atoms with Crippen LogP contribution in [0.25, 0.3) is 0 Å². The van der Waals surface area contributed by atoms with Gasteiger partial charge in [0.15, 0.2) is 11.5 Å². The van der Waals surface area contributed by atoms with Gasteiger partial charge in [-0.25, -0.2) is 0 Å². The Morgan fingerprint density at radius 2 is 1.94 bits per heavy atom. The van der Waals surface area contributed by atoms with E-state index in [4.69, 9.17) is 31.5 Å². The molecule has 162 valence electrons. The van der Waals surface area contributed by atoms with Crippen LogP contribution < -0.4 is 19.9 Å². The molecule has 1 aliphatic rings. The Balaban J connectivity index is 1.71. The lowest BCUT2D eigenvalue weighted by molar-refractivity contribution is 0.269. The van der Waals surface area contributed by atoms with E-state index in [1.165, 1.54) is 6.07 Å². The van der Waals surface area contributed by atoms with E-state index in [0.29, 0.717) is 41.1 Å². The zero-order valence-corrected chi connectivity index (χ0v) is 18.1. The number of nitrogens with zero attached hydrogens (tertiary/aromatic N) is 1. The number of nitriles is 1. The van der Waals surface area contributed by atoms with E-state index in [0.717, 1.165) is 16.7 Å². The molecule has 0 amide bonds. The van der Waals surface area contributed by atoms with Crippen molar-refractivity contribution in [3.05, 3.63) is 93.8 Å². The second kappa shape index (κ2) is 9.13. The zero-order valence-electron chi connectivity index (χ0n) is 17.3. The molecule has 3 aromatic rings. The zero-order chi connectivity index (χ0) is 22.7. The monoisotopic (exact) mass is 448 g/mol. The number of allylic oxidation sites excluding steroid dienone is 1. The molecule has 6 nitrogen and oxygen atoms in total. The maximum absolute atomic E-state index is 9.83. The van der Waals surface area contributed by atoms with Crippen LogP contribution in [0.4, 0.5) is 0 Å². The molecule has 1 aliphatic heterocycles. The summed E-state index contributed by atoms with van der Waals surface area (Å²) in [6.07, 6.45) is 0. The first-order valence-electron chi connectivity index (χ1n) is 10.0. The van der Waals surface area contributed by atoms with Crippen molar-refractivity contribution in [2.24, 2.45) is 5.73 Å². The molecule has 1 heterocycles. The lowest BCUT2D eigenvalue weighted by Crippen LogP contribution is -2.21. The second-order valence-corrected chi connectivity index (χ2v) is 7.64. The highest BCUT2D eigenvalue weighted by atomic mass is 35.5. The average molecular weight is 449 g/mol. The van der Waals surface area contributed by atoms with Crippen molar-refractivity contribution in [2.45, 2.75) is 19.4 Å². The van der Waals surface area contributed by atoms with Crippen LogP contribution in [0.1, 0.15) is 29.5 Å². The molecule has 3 N–H and O–H groups in total. The number of benzene rings is 3. The maximum Gasteiger partial charge on any atom is 0.205 e. The molecular formula is C25H21ClN2O4. The summed E-state index contributed by atoms with van der Waals surface area (Å²) in [7, 11) is 0. The Kier molecular flexibility index (Phi) is 6.11. The van der Waals surface area contributed by atoms with E-state index in [1.54, 1.807) is 12.1 Å². The predicted octanol–water partition coefficient (Wildman–Crippen LogP) is 5.24. The summed E-state index contributed by atoms with van der Waals surface area (Å²) < 4.78 is 17.4. The largest absolute Gasteiger partial charge is 0.508 e. The third-order valence-electron chi connectivity index (χ3n) is 5.09. The molecule has 0 aliphatic carbocycles. The molecule has 0 fully saturated rings. The predicted molar refractivity (Wildman–Crippen MR) is 121 cm³/mol. The number of hydrogen-bond donors (Lipinski definition) is 2. The van der Waals surface area contributed by atoms with Gasteiger partial charge in [0.05, 0.1) is 12.5 Å². The first kappa shape index (κ1) is 21.4. The van der Waals surface area contributed by atoms with E-state index in [2.05, 4.69) is 6.07 Å². The van der Waals surface area contributed by atoms with E-state index in [1.807, 2.05) is 49.4 Å². The third-order valence-corrected chi connectivity index (χ3v) is 5.32. The van der Waals surface area contributed by atoms with Crippen molar-refractivity contribution in [3.8, 4) is 29.1 Å². The normalized spacial score (nSPS) is 14.8. The molecule has 0 spiro atoms. The van der Waals surface area contributed by atoms with Crippen LogP contribution in [0.5, 0.6) is 23.0 Å². The average Bonchev–Trinajstić information content (AvgIpc) is 2.77. The van der Waals surface area contributed by atoms with Crippen LogP contribution in [0, 0.1) is 11.3 Å². The summed E-state index contributed by atoms with van der Waals surface area (Å²) in [5.41, 5.74) is 8.76. The first-order valence-corrected chi connectivity index (χ1v) is 10.4. The van der Waals surface area contributed by atoms with Crippen LogP contribution in [-0.2, 0) is 6.61 Å². The lowest BCUT2D eigenvalue weighted by atomic mass is 9.83. The van der Waals surface area contributed by atoms with Crippen molar-refractivity contribution >= 4 is 11.6 Å². The van der Waals surface area contributed by atoms with Crippen LogP contribution in [-0.4, -0.2) is 11.7 Å². The quantitative estimate of drug-likeness (QED) is 0.535. The number of aromatic hydroxyl groups is 1. The Hall–Kier alpha value is -3.82. The van der Waals surface area contributed by atoms with Crippen molar-refractivity contribution < 1.29 is 19.3 Å². The van der Waals surface area contributed by atoms with Gasteiger partial charge in [0.2, 0.25) is 5.88 Å². The lowest BCUT2D eigenvalue weighted by Gasteiger charge is -2.27. The molecule has 0 bridgehead atoms. The number of fused-ring (bicyclic) bond motifs is 1. The van der Waals surface area contributed by atoms with Gasteiger partial charge in [0.1, 0.15) is 29.7 Å². The van der Waals surface area contributed by atoms with Crippen molar-refractivity contribution in [1.82, 2.24) is 0 Å². The van der Waals surface area contributed by atoms with Crippen molar-refractivity contribution in [1.29, 1.82) is 5.26 Å². The maximum atomic E-state index is 9.83. The number of rotatable bonds is 6. The molecule has 0 unspecified atom stereocenters. The second-order valence-electron chi connectivity index (χ2n) is 7.20. The standard InChI is InChI=1S/C25H21ClN2O4/c1-2-30-23-11-16(6-9-21(23)31-14-15-4-3-5-17(26)10-15)24-19-8-7-18(29)12-22(19)32-25(28)20(24)13-27/h3-12,24,29H,2,14,28H2,1H3/t24-/m1/s1. The van der Waals surface area contributed by atoms with E-state index >= 15 is 0 Å². The smallest absolute Gasteiger partial charge is 0.205 e. The summed E-state index contributed by atoms with van der Waals surface area (Å²) >= 11 is 6.06. The van der Waals surface area contributed by atoms with Gasteiger partial charge in [0, 0.05) is 16.7 Å². The fourth-order valence-corrected chi connectivity index (χ4v) is 3.88. The van der Waals surface area contributed by atoms with Crippen LogP contribution in [0.2, 0.25) is 5.02 Å². The SMILES string of the molecule is CCOc1cc([C@H]2C(C#N)=C(N)Oc3cc(O)ccc32)ccc1OCc1cccc(Cl)c1. The van der Waals surface area contributed by atoms with E-state index < -0.39 is 5.92 Å². The van der Waals surface area contributed by atoms with Gasteiger partial charge in [-0.05, 0) is 48.4 Å². The number of phenolic OH excluding ortho intramolecular Hbond substituents is 1. The fourth-order valence-electron chi connectivity index (χ4n) is 3.67. The van der Waals surface area contributed by atoms with Gasteiger partial charge < -0.3 is 25.1 Å². The summed E-state index contributed by atoms with van der Waals surface area (Å²) in [6, 6.07) is 19.9. The van der Waals surface area contributed by atoms with Crippen molar-refractivity contribution in [2.75, 3.05) is 6.61 Å². The van der Waals surface area contributed by atoms with Gasteiger partial charge in [0.25, 0.3) is 0 Å². The molecule has 0 radical (unpaired) electrons. The molecule has 1 atom stereocenters. The van der Waals surface area contributed by atoms with Gasteiger partial charge in [-0.3, -0.25) is 0 Å². The third kappa shape index (κ3) is 4.29. The van der Waals surface area contributed by atoms with Crippen LogP contribution in [0.15, 0.2) is 72.1 Å². The Bertz CT molecular complexity index is 1230. The Morgan fingerprint density at radius 3 is 2.69 bits per heavy atom. The Labute approximate surface area is 191 Å². The van der Waals surface area contributed by atoms with Crippen LogP contribution >= 0.6 is 11.6 Å². The highest BCUT2D eigenvalue weighted by Gasteiger charge is 2.31. The number of hydrogen-bond acceptors (Lipinski definition) is 6. The van der Waals surface area contributed by atoms with Gasteiger partial charge in [-0.1, -0.05) is 35.9 Å². The van der Waals surface area contributed by atoms with Crippen molar-refractivity contribution in [3.63, 3.8) is 0 Å². The van der Waals surface area contributed by atoms with E-state index in [-0.39, 0.29) is 11.6 Å². The van der Waals surface area contributed by atoms with Gasteiger partial charge in [-0.15, -0.1) is 0 Å². The molecule has 0 aromatic heterocycles. The summed E-state index contributed by atoms with van der Waals surface area (Å²) in [5.74, 6) is 1.13. The fraction of sp³-hybridized carbons (Fsp3) is 0.160. The van der Waals surface area contributed by atoms with Gasteiger partial charge >= 0.3 is 0 Å². The highest BCUT2D eigenvalue weighted by Crippen LogP contribution is 2.45. The van der Waals surface area contributed by atoms with E-state index in [9.17, 15) is 10.4 Å². The molecule has 32 heavy (non-hydrogen) atoms. The minimum atomic E-state index is -0.467. The minimum absolute atomic E-state index is 0.00911. The van der Waals surface area contributed by atoms with Crippen LogP contribution in [0.3, 0.4) is 0 Å². The molecule has 4 rings (SSSR count). The minimum Gasteiger partial charge on any atom is -0.508 e. The number of ether oxygens (including phenoxy) is 3. The summed E-state index contributed by atoms with van der Waals surface area (Å²) in [5, 5.41) is 20.2. The highest BCUT2D eigenvalue weighted by molar-refractivity contribution is 6.30. The first-order chi connectivity index (χ1) is 15.5.